The van der Waals surface area contributed by atoms with E-state index < -0.39 is 5.92 Å². The number of thioether (sulfide) groups is 1. The predicted octanol–water partition coefficient (Wildman–Crippen LogP) is 5.16. The Bertz CT molecular complexity index is 1120. The molecule has 1 atom stereocenters. The van der Waals surface area contributed by atoms with Crippen molar-refractivity contribution in [1.82, 2.24) is 4.98 Å². The van der Waals surface area contributed by atoms with Crippen molar-refractivity contribution >= 4 is 40.0 Å². The number of ether oxygens (including phenoxy) is 3. The highest BCUT2D eigenvalue weighted by atomic mass is 32.2. The van der Waals surface area contributed by atoms with Gasteiger partial charge in [0.2, 0.25) is 0 Å². The van der Waals surface area contributed by atoms with Crippen LogP contribution in [0.15, 0.2) is 58.9 Å². The van der Waals surface area contributed by atoms with Gasteiger partial charge in [0.25, 0.3) is 0 Å². The number of aromatic nitrogens is 1. The van der Waals surface area contributed by atoms with Gasteiger partial charge < -0.3 is 14.2 Å². The zero-order valence-corrected chi connectivity index (χ0v) is 18.6. The van der Waals surface area contributed by atoms with Crippen molar-refractivity contribution in [1.29, 1.82) is 5.41 Å². The van der Waals surface area contributed by atoms with Gasteiger partial charge in [-0.25, -0.2) is 4.98 Å². The number of hydrogen-bond donors (Lipinski definition) is 1. The van der Waals surface area contributed by atoms with Crippen molar-refractivity contribution in [3.63, 3.8) is 0 Å². The number of methoxy groups -OCH3 is 2. The van der Waals surface area contributed by atoms with E-state index >= 15 is 0 Å². The lowest BCUT2D eigenvalue weighted by Crippen LogP contribution is -2.11. The lowest BCUT2D eigenvalue weighted by Gasteiger charge is -2.12. The topological polar surface area (TPSA) is 81.5 Å². The number of nitrogens with zero attached hydrogens (tertiary/aromatic N) is 1. The smallest absolute Gasteiger partial charge is 0.186 e. The fourth-order valence-corrected chi connectivity index (χ4v) is 4.96. The molecule has 3 aromatic rings. The number of rotatable bonds is 7. The molecule has 0 aliphatic carbocycles. The van der Waals surface area contributed by atoms with E-state index in [1.165, 1.54) is 23.1 Å². The summed E-state index contributed by atoms with van der Waals surface area (Å²) in [4.78, 5) is 17.5. The van der Waals surface area contributed by atoms with Crippen LogP contribution in [0.3, 0.4) is 0 Å². The fraction of sp³-hybridized carbons (Fsp3) is 0.174. The van der Waals surface area contributed by atoms with Gasteiger partial charge >= 0.3 is 0 Å². The van der Waals surface area contributed by atoms with E-state index in [2.05, 4.69) is 4.98 Å². The van der Waals surface area contributed by atoms with Crippen LogP contribution in [0.5, 0.6) is 17.2 Å². The van der Waals surface area contributed by atoms with Crippen LogP contribution in [0, 0.1) is 5.41 Å². The highest BCUT2D eigenvalue weighted by molar-refractivity contribution is 8.19. The SMILES string of the molecule is COc1ccc(OC)c(COc2ccc(/C=C3\SC(=N)[C@H](c4nccs4)C3=O)cc2)c1. The third-order valence-corrected chi connectivity index (χ3v) is 6.58. The number of benzene rings is 2. The van der Waals surface area contributed by atoms with E-state index in [4.69, 9.17) is 19.6 Å². The maximum absolute atomic E-state index is 12.7. The second kappa shape index (κ2) is 9.36. The van der Waals surface area contributed by atoms with Crippen LogP contribution < -0.4 is 14.2 Å². The van der Waals surface area contributed by atoms with Gasteiger partial charge in [0, 0.05) is 17.1 Å². The first-order valence-electron chi connectivity index (χ1n) is 9.44. The molecule has 0 spiro atoms. The highest BCUT2D eigenvalue weighted by Crippen LogP contribution is 2.41. The van der Waals surface area contributed by atoms with Crippen molar-refractivity contribution in [2.24, 2.45) is 0 Å². The molecule has 0 amide bonds. The second-order valence-electron chi connectivity index (χ2n) is 6.68. The van der Waals surface area contributed by atoms with Crippen LogP contribution in [0.4, 0.5) is 0 Å². The largest absolute Gasteiger partial charge is 0.497 e. The summed E-state index contributed by atoms with van der Waals surface area (Å²) in [6.45, 7) is 0.335. The van der Waals surface area contributed by atoms with Gasteiger partial charge in [-0.3, -0.25) is 10.2 Å². The van der Waals surface area contributed by atoms with Crippen LogP contribution in [0.25, 0.3) is 6.08 Å². The minimum Gasteiger partial charge on any atom is -0.497 e. The third-order valence-electron chi connectivity index (χ3n) is 4.75. The van der Waals surface area contributed by atoms with Gasteiger partial charge in [0.1, 0.15) is 34.8 Å². The number of allylic oxidation sites excluding steroid dienone is 1. The summed E-state index contributed by atoms with van der Waals surface area (Å²) < 4.78 is 16.5. The number of ketones is 1. The van der Waals surface area contributed by atoms with E-state index in [9.17, 15) is 4.79 Å². The molecule has 1 fully saturated rings. The minimum atomic E-state index is -0.572. The number of nitrogens with one attached hydrogen (secondary N) is 1. The maximum atomic E-state index is 12.7. The Morgan fingerprint density at radius 1 is 1.10 bits per heavy atom. The Hall–Kier alpha value is -3.10. The summed E-state index contributed by atoms with van der Waals surface area (Å²) in [5.74, 6) is 1.52. The van der Waals surface area contributed by atoms with Gasteiger partial charge in [-0.15, -0.1) is 11.3 Å². The van der Waals surface area contributed by atoms with Gasteiger partial charge in [-0.05, 0) is 42.0 Å². The molecule has 1 aliphatic heterocycles. The van der Waals surface area contributed by atoms with E-state index in [0.717, 1.165) is 22.6 Å². The molecule has 0 saturated carbocycles. The Balaban J connectivity index is 1.44. The van der Waals surface area contributed by atoms with Crippen LogP contribution in [-0.4, -0.2) is 30.0 Å². The first kappa shape index (κ1) is 21.1. The molecule has 8 heteroatoms. The van der Waals surface area contributed by atoms with Crippen LogP contribution >= 0.6 is 23.1 Å². The van der Waals surface area contributed by atoms with Crippen molar-refractivity contribution in [2.75, 3.05) is 14.2 Å². The van der Waals surface area contributed by atoms with E-state index in [1.807, 2.05) is 53.9 Å². The normalized spacial score (nSPS) is 17.2. The van der Waals surface area contributed by atoms with E-state index in [-0.39, 0.29) is 5.78 Å². The Morgan fingerprint density at radius 3 is 2.55 bits per heavy atom. The second-order valence-corrected chi connectivity index (χ2v) is 8.69. The monoisotopic (exact) mass is 452 g/mol. The van der Waals surface area contributed by atoms with Gasteiger partial charge in [-0.1, -0.05) is 23.9 Å². The standard InChI is InChI=1S/C23H20N2O4S2/c1-27-17-7-8-18(28-2)15(12-17)13-29-16-5-3-14(4-6-16)11-19-21(26)20(22(24)31-19)23-25-9-10-30-23/h3-12,20,24H,13H2,1-2H3/b19-11-,24-22?/t20-/m1/s1. The van der Waals surface area contributed by atoms with E-state index in [0.29, 0.717) is 27.3 Å². The summed E-state index contributed by atoms with van der Waals surface area (Å²) in [6, 6.07) is 13.1. The molecule has 31 heavy (non-hydrogen) atoms. The first-order valence-corrected chi connectivity index (χ1v) is 11.1. The summed E-state index contributed by atoms with van der Waals surface area (Å²) in [5, 5.41) is 11.0. The molecule has 2 aromatic carbocycles. The van der Waals surface area contributed by atoms with Crippen LogP contribution in [0.2, 0.25) is 0 Å². The summed E-state index contributed by atoms with van der Waals surface area (Å²) >= 11 is 2.60. The molecule has 1 aromatic heterocycles. The Labute approximate surface area is 188 Å². The molecule has 158 valence electrons. The summed E-state index contributed by atoms with van der Waals surface area (Å²) in [7, 11) is 3.24. The maximum Gasteiger partial charge on any atom is 0.186 e. The molecule has 0 bridgehead atoms. The molecule has 2 heterocycles. The van der Waals surface area contributed by atoms with Gasteiger partial charge in [0.05, 0.1) is 24.2 Å². The van der Waals surface area contributed by atoms with Crippen LogP contribution in [-0.2, 0) is 11.4 Å². The molecular formula is C23H20N2O4S2. The lowest BCUT2D eigenvalue weighted by atomic mass is 10.1. The molecule has 0 radical (unpaired) electrons. The minimum absolute atomic E-state index is 0.0737. The molecular weight excluding hydrogens is 432 g/mol. The molecule has 6 nitrogen and oxygen atoms in total. The Morgan fingerprint density at radius 2 is 1.87 bits per heavy atom. The van der Waals surface area contributed by atoms with Crippen molar-refractivity contribution in [3.05, 3.63) is 75.1 Å². The average Bonchev–Trinajstić information content (AvgIpc) is 3.40. The summed E-state index contributed by atoms with van der Waals surface area (Å²) in [5.41, 5.74) is 1.75. The molecule has 1 N–H and O–H groups in total. The highest BCUT2D eigenvalue weighted by Gasteiger charge is 2.38. The zero-order chi connectivity index (χ0) is 21.8. The van der Waals surface area contributed by atoms with Gasteiger partial charge in [0.15, 0.2) is 5.78 Å². The molecule has 1 aliphatic rings. The molecule has 4 rings (SSSR count). The van der Waals surface area contributed by atoms with E-state index in [1.54, 1.807) is 20.4 Å². The lowest BCUT2D eigenvalue weighted by molar-refractivity contribution is -0.114. The average molecular weight is 453 g/mol. The number of carbonyl (C=O) groups excluding carboxylic acids is 1. The first-order chi connectivity index (χ1) is 15.1. The molecule has 0 unspecified atom stereocenters. The summed E-state index contributed by atoms with van der Waals surface area (Å²) in [6.07, 6.45) is 3.47. The fourth-order valence-electron chi connectivity index (χ4n) is 3.16. The quantitative estimate of drug-likeness (QED) is 0.499. The third kappa shape index (κ3) is 4.65. The number of hydrogen-bond acceptors (Lipinski definition) is 8. The number of thiazole rings is 1. The van der Waals surface area contributed by atoms with Crippen molar-refractivity contribution < 1.29 is 19.0 Å². The number of carbonyl (C=O) groups is 1. The predicted molar refractivity (Wildman–Crippen MR) is 123 cm³/mol. The molecule has 1 saturated heterocycles. The van der Waals surface area contributed by atoms with Gasteiger partial charge in [-0.2, -0.15) is 0 Å². The van der Waals surface area contributed by atoms with Crippen molar-refractivity contribution in [2.45, 2.75) is 12.5 Å². The zero-order valence-electron chi connectivity index (χ0n) is 17.0. The van der Waals surface area contributed by atoms with Crippen LogP contribution in [0.1, 0.15) is 22.1 Å². The van der Waals surface area contributed by atoms with Crippen molar-refractivity contribution in [3.8, 4) is 17.2 Å². The Kier molecular flexibility index (Phi) is 6.39. The number of Topliss-reactive ketones (excluding diaryl/α,β-unsaturated/α-hetero) is 1.